The predicted molar refractivity (Wildman–Crippen MR) is 60.5 cm³/mol. The van der Waals surface area contributed by atoms with Gasteiger partial charge in [-0.1, -0.05) is 17.7 Å². The highest BCUT2D eigenvalue weighted by molar-refractivity contribution is 5.76. The van der Waals surface area contributed by atoms with Crippen molar-refractivity contribution in [3.63, 3.8) is 0 Å². The number of hydrazine groups is 1. The van der Waals surface area contributed by atoms with E-state index < -0.39 is 0 Å². The maximum Gasteiger partial charge on any atom is 0.237 e. The van der Waals surface area contributed by atoms with Crippen molar-refractivity contribution >= 4 is 11.6 Å². The Morgan fingerprint density at radius 3 is 2.47 bits per heavy atom. The highest BCUT2D eigenvalue weighted by Crippen LogP contribution is 2.21. The lowest BCUT2D eigenvalue weighted by atomic mass is 10.2. The highest BCUT2D eigenvalue weighted by atomic mass is 16.2. The van der Waals surface area contributed by atoms with Crippen LogP contribution in [0.1, 0.15) is 18.9 Å². The molecule has 1 aliphatic rings. The summed E-state index contributed by atoms with van der Waals surface area (Å²) >= 11 is 0. The van der Waals surface area contributed by atoms with Gasteiger partial charge in [0.2, 0.25) is 5.91 Å². The molecule has 0 spiro atoms. The maximum atomic E-state index is 11.4. The summed E-state index contributed by atoms with van der Waals surface area (Å²) in [6.07, 6.45) is 1.05. The van der Waals surface area contributed by atoms with Crippen molar-refractivity contribution < 1.29 is 4.79 Å². The lowest BCUT2D eigenvalue weighted by molar-refractivity contribution is -0.128. The molecule has 0 unspecified atom stereocenters. The Balaban J connectivity index is 2.22. The molecule has 3 nitrogen and oxygen atoms in total. The number of amides is 1. The molecular weight excluding hydrogens is 188 g/mol. The SMILES string of the molecule is CC(=O)N1CCCN1c1ccc(C)cc1. The van der Waals surface area contributed by atoms with Crippen LogP contribution < -0.4 is 5.01 Å². The van der Waals surface area contributed by atoms with Gasteiger partial charge in [-0.2, -0.15) is 0 Å². The molecule has 3 heteroatoms. The van der Waals surface area contributed by atoms with Gasteiger partial charge in [0.05, 0.1) is 5.69 Å². The molecule has 0 N–H and O–H groups in total. The van der Waals surface area contributed by atoms with Crippen molar-refractivity contribution in [3.8, 4) is 0 Å². The number of benzene rings is 1. The lowest BCUT2D eigenvalue weighted by Crippen LogP contribution is -2.39. The van der Waals surface area contributed by atoms with E-state index in [9.17, 15) is 4.79 Å². The Bertz CT molecular complexity index is 358. The zero-order chi connectivity index (χ0) is 10.8. The van der Waals surface area contributed by atoms with Crippen molar-refractivity contribution in [1.82, 2.24) is 5.01 Å². The summed E-state index contributed by atoms with van der Waals surface area (Å²) < 4.78 is 0. The van der Waals surface area contributed by atoms with E-state index in [0.717, 1.165) is 25.2 Å². The number of nitrogens with zero attached hydrogens (tertiary/aromatic N) is 2. The summed E-state index contributed by atoms with van der Waals surface area (Å²) in [7, 11) is 0. The zero-order valence-corrected chi connectivity index (χ0v) is 9.23. The smallest absolute Gasteiger partial charge is 0.237 e. The monoisotopic (exact) mass is 204 g/mol. The number of aryl methyl sites for hydroxylation is 1. The molecule has 1 fully saturated rings. The van der Waals surface area contributed by atoms with Crippen LogP contribution in [-0.2, 0) is 4.79 Å². The summed E-state index contributed by atoms with van der Waals surface area (Å²) in [5.74, 6) is 0.119. The van der Waals surface area contributed by atoms with E-state index in [0.29, 0.717) is 0 Å². The molecule has 1 amide bonds. The quantitative estimate of drug-likeness (QED) is 0.698. The highest BCUT2D eigenvalue weighted by Gasteiger charge is 2.23. The molecular formula is C12H16N2O. The summed E-state index contributed by atoms with van der Waals surface area (Å²) in [4.78, 5) is 11.4. The topological polar surface area (TPSA) is 23.6 Å². The van der Waals surface area contributed by atoms with Gasteiger partial charge < -0.3 is 0 Å². The van der Waals surface area contributed by atoms with Crippen molar-refractivity contribution in [2.24, 2.45) is 0 Å². The normalized spacial score (nSPS) is 15.9. The van der Waals surface area contributed by atoms with E-state index in [4.69, 9.17) is 0 Å². The number of carbonyl (C=O) groups excluding carboxylic acids is 1. The second-order valence-corrected chi connectivity index (χ2v) is 3.95. The third-order valence-electron chi connectivity index (χ3n) is 2.73. The first-order chi connectivity index (χ1) is 7.18. The molecule has 1 aliphatic heterocycles. The third kappa shape index (κ3) is 1.96. The Morgan fingerprint density at radius 1 is 1.20 bits per heavy atom. The van der Waals surface area contributed by atoms with Crippen LogP contribution in [-0.4, -0.2) is 24.0 Å². The molecule has 0 saturated carbocycles. The summed E-state index contributed by atoms with van der Waals surface area (Å²) in [6, 6.07) is 8.28. The van der Waals surface area contributed by atoms with Crippen LogP contribution in [0.5, 0.6) is 0 Å². The van der Waals surface area contributed by atoms with E-state index in [1.807, 2.05) is 5.01 Å². The van der Waals surface area contributed by atoms with Crippen molar-refractivity contribution in [1.29, 1.82) is 0 Å². The Kier molecular flexibility index (Phi) is 2.62. The number of anilines is 1. The van der Waals surface area contributed by atoms with Gasteiger partial charge in [-0.3, -0.25) is 14.8 Å². The van der Waals surface area contributed by atoms with E-state index in [1.54, 1.807) is 6.92 Å². The van der Waals surface area contributed by atoms with Crippen LogP contribution in [0.15, 0.2) is 24.3 Å². The molecule has 0 aromatic heterocycles. The van der Waals surface area contributed by atoms with Crippen LogP contribution in [0.2, 0.25) is 0 Å². The minimum atomic E-state index is 0.119. The Labute approximate surface area is 90.3 Å². The van der Waals surface area contributed by atoms with Crippen LogP contribution in [0.25, 0.3) is 0 Å². The first-order valence-corrected chi connectivity index (χ1v) is 5.31. The average molecular weight is 204 g/mol. The van der Waals surface area contributed by atoms with Crippen molar-refractivity contribution in [3.05, 3.63) is 29.8 Å². The largest absolute Gasteiger partial charge is 0.283 e. The van der Waals surface area contributed by atoms with Gasteiger partial charge in [-0.15, -0.1) is 0 Å². The molecule has 1 aromatic rings. The molecule has 0 radical (unpaired) electrons. The van der Waals surface area contributed by atoms with Crippen LogP contribution in [0.4, 0.5) is 5.69 Å². The zero-order valence-electron chi connectivity index (χ0n) is 9.23. The molecule has 15 heavy (non-hydrogen) atoms. The fourth-order valence-electron chi connectivity index (χ4n) is 1.92. The number of carbonyl (C=O) groups is 1. The van der Waals surface area contributed by atoms with E-state index in [1.165, 1.54) is 5.56 Å². The second kappa shape index (κ2) is 3.93. The molecule has 1 saturated heterocycles. The Hall–Kier alpha value is -1.51. The van der Waals surface area contributed by atoms with Gasteiger partial charge in [-0.25, -0.2) is 0 Å². The van der Waals surface area contributed by atoms with Gasteiger partial charge in [0, 0.05) is 20.0 Å². The molecule has 0 aliphatic carbocycles. The minimum Gasteiger partial charge on any atom is -0.283 e. The molecule has 80 valence electrons. The molecule has 1 heterocycles. The third-order valence-corrected chi connectivity index (χ3v) is 2.73. The van der Waals surface area contributed by atoms with Gasteiger partial charge in [-0.05, 0) is 25.5 Å². The fraction of sp³-hybridized carbons (Fsp3) is 0.417. The van der Waals surface area contributed by atoms with E-state index >= 15 is 0 Å². The number of hydrogen-bond donors (Lipinski definition) is 0. The Morgan fingerprint density at radius 2 is 1.87 bits per heavy atom. The van der Waals surface area contributed by atoms with E-state index in [2.05, 4.69) is 36.2 Å². The van der Waals surface area contributed by atoms with Gasteiger partial charge in [0.1, 0.15) is 0 Å². The molecule has 2 rings (SSSR count). The predicted octanol–water partition coefficient (Wildman–Crippen LogP) is 1.97. The van der Waals surface area contributed by atoms with Crippen molar-refractivity contribution in [2.75, 3.05) is 18.1 Å². The summed E-state index contributed by atoms with van der Waals surface area (Å²) in [6.45, 7) is 5.45. The van der Waals surface area contributed by atoms with Crippen LogP contribution in [0, 0.1) is 6.92 Å². The second-order valence-electron chi connectivity index (χ2n) is 3.95. The van der Waals surface area contributed by atoms with Gasteiger partial charge in [0.25, 0.3) is 0 Å². The minimum absolute atomic E-state index is 0.119. The number of rotatable bonds is 1. The first kappa shape index (κ1) is 10.0. The standard InChI is InChI=1S/C12H16N2O/c1-10-4-6-12(7-5-10)14-9-3-8-13(14)11(2)15/h4-7H,3,8-9H2,1-2H3. The van der Waals surface area contributed by atoms with E-state index in [-0.39, 0.29) is 5.91 Å². The van der Waals surface area contributed by atoms with Crippen LogP contribution in [0.3, 0.4) is 0 Å². The lowest BCUT2D eigenvalue weighted by Gasteiger charge is -2.28. The summed E-state index contributed by atoms with van der Waals surface area (Å²) in [5.41, 5.74) is 2.35. The maximum absolute atomic E-state index is 11.4. The van der Waals surface area contributed by atoms with Crippen molar-refractivity contribution in [2.45, 2.75) is 20.3 Å². The van der Waals surface area contributed by atoms with Gasteiger partial charge in [0.15, 0.2) is 0 Å². The number of hydrogen-bond acceptors (Lipinski definition) is 2. The molecule has 0 bridgehead atoms. The average Bonchev–Trinajstić information content (AvgIpc) is 2.67. The molecule has 1 aromatic carbocycles. The fourth-order valence-corrected chi connectivity index (χ4v) is 1.92. The summed E-state index contributed by atoms with van der Waals surface area (Å²) in [5, 5.41) is 3.87. The molecule has 0 atom stereocenters. The van der Waals surface area contributed by atoms with Gasteiger partial charge >= 0.3 is 0 Å². The van der Waals surface area contributed by atoms with Crippen LogP contribution >= 0.6 is 0 Å². The first-order valence-electron chi connectivity index (χ1n) is 5.31.